The van der Waals surface area contributed by atoms with Crippen molar-refractivity contribution in [3.63, 3.8) is 0 Å². The lowest BCUT2D eigenvalue weighted by atomic mass is 9.99. The maximum absolute atomic E-state index is 13.5. The summed E-state index contributed by atoms with van der Waals surface area (Å²) in [5, 5.41) is 3.05. The molecule has 0 radical (unpaired) electrons. The highest BCUT2D eigenvalue weighted by Crippen LogP contribution is 2.23. The van der Waals surface area contributed by atoms with Crippen molar-refractivity contribution in [3.8, 4) is 0 Å². The first-order chi connectivity index (χ1) is 9.51. The van der Waals surface area contributed by atoms with Crippen LogP contribution in [-0.2, 0) is 6.42 Å². The Morgan fingerprint density at radius 1 is 1.00 bits per heavy atom. The van der Waals surface area contributed by atoms with Crippen LogP contribution in [0.15, 0.2) is 40.9 Å². The van der Waals surface area contributed by atoms with Crippen LogP contribution < -0.4 is 5.32 Å². The summed E-state index contributed by atoms with van der Waals surface area (Å²) >= 11 is 3.10. The van der Waals surface area contributed by atoms with Gasteiger partial charge in [0.15, 0.2) is 11.6 Å². The van der Waals surface area contributed by atoms with Gasteiger partial charge >= 0.3 is 0 Å². The Morgan fingerprint density at radius 3 is 2.35 bits per heavy atom. The first kappa shape index (κ1) is 15.1. The van der Waals surface area contributed by atoms with Crippen LogP contribution in [0.5, 0.6) is 0 Å². The van der Waals surface area contributed by atoms with Gasteiger partial charge in [-0.25, -0.2) is 13.2 Å². The van der Waals surface area contributed by atoms with Crippen molar-refractivity contribution in [3.05, 3.63) is 69.4 Å². The van der Waals surface area contributed by atoms with Gasteiger partial charge in [0.05, 0.1) is 4.47 Å². The smallest absolute Gasteiger partial charge is 0.159 e. The van der Waals surface area contributed by atoms with Crippen molar-refractivity contribution in [1.82, 2.24) is 5.32 Å². The molecule has 0 spiro atoms. The summed E-state index contributed by atoms with van der Waals surface area (Å²) in [6, 6.07) is 8.44. The van der Waals surface area contributed by atoms with Crippen molar-refractivity contribution >= 4 is 15.9 Å². The predicted molar refractivity (Wildman–Crippen MR) is 76.0 cm³/mol. The number of nitrogens with one attached hydrogen (secondary N) is 1. The third-order valence-corrected chi connectivity index (χ3v) is 3.76. The molecule has 2 rings (SSSR count). The van der Waals surface area contributed by atoms with Crippen LogP contribution in [-0.4, -0.2) is 7.05 Å². The highest BCUT2D eigenvalue weighted by atomic mass is 79.9. The summed E-state index contributed by atoms with van der Waals surface area (Å²) in [7, 11) is 1.74. The lowest BCUT2D eigenvalue weighted by Crippen LogP contribution is -2.19. The number of hydrogen-bond acceptors (Lipinski definition) is 1. The molecule has 0 amide bonds. The number of likely N-dealkylation sites (N-methyl/N-ethyl adjacent to an activating group) is 1. The van der Waals surface area contributed by atoms with Gasteiger partial charge in [-0.05, 0) is 64.8 Å². The molecule has 0 fully saturated rings. The van der Waals surface area contributed by atoms with E-state index in [1.165, 1.54) is 12.1 Å². The second-order valence-corrected chi connectivity index (χ2v) is 5.32. The fourth-order valence-corrected chi connectivity index (χ4v) is 2.26. The highest BCUT2D eigenvalue weighted by Gasteiger charge is 2.13. The van der Waals surface area contributed by atoms with Crippen molar-refractivity contribution in [2.24, 2.45) is 0 Å². The quantitative estimate of drug-likeness (QED) is 0.869. The average Bonchev–Trinajstić information content (AvgIpc) is 2.43. The van der Waals surface area contributed by atoms with Crippen LogP contribution in [0.4, 0.5) is 13.2 Å². The normalized spacial score (nSPS) is 12.4. The van der Waals surface area contributed by atoms with Gasteiger partial charge in [0.2, 0.25) is 0 Å². The summed E-state index contributed by atoms with van der Waals surface area (Å²) in [5.74, 6) is -2.10. The Morgan fingerprint density at radius 2 is 1.75 bits per heavy atom. The molecule has 1 unspecified atom stereocenters. The molecule has 0 aliphatic carbocycles. The molecular formula is C15H13BrF3N. The first-order valence-electron chi connectivity index (χ1n) is 6.07. The first-order valence-corrected chi connectivity index (χ1v) is 6.86. The average molecular weight is 344 g/mol. The van der Waals surface area contributed by atoms with Crippen LogP contribution in [0.2, 0.25) is 0 Å². The number of benzene rings is 2. The summed E-state index contributed by atoms with van der Waals surface area (Å²) in [6.07, 6.45) is 0.439. The van der Waals surface area contributed by atoms with Gasteiger partial charge in [-0.3, -0.25) is 0 Å². The van der Waals surface area contributed by atoms with Gasteiger partial charge < -0.3 is 5.32 Å². The summed E-state index contributed by atoms with van der Waals surface area (Å²) < 4.78 is 40.0. The minimum atomic E-state index is -0.876. The van der Waals surface area contributed by atoms with Crippen LogP contribution in [0.25, 0.3) is 0 Å². The molecule has 20 heavy (non-hydrogen) atoms. The molecule has 2 aromatic rings. The zero-order valence-corrected chi connectivity index (χ0v) is 12.3. The Hall–Kier alpha value is -1.33. The van der Waals surface area contributed by atoms with E-state index in [0.717, 1.165) is 17.7 Å². The zero-order chi connectivity index (χ0) is 14.7. The molecule has 1 nitrogen and oxygen atoms in total. The lowest BCUT2D eigenvalue weighted by Gasteiger charge is -2.17. The van der Waals surface area contributed by atoms with Crippen molar-refractivity contribution in [2.45, 2.75) is 12.5 Å². The molecule has 5 heteroatoms. The van der Waals surface area contributed by atoms with Gasteiger partial charge in [-0.1, -0.05) is 12.1 Å². The molecular weight excluding hydrogens is 331 g/mol. The highest BCUT2D eigenvalue weighted by molar-refractivity contribution is 9.10. The lowest BCUT2D eigenvalue weighted by molar-refractivity contribution is 0.504. The summed E-state index contributed by atoms with van der Waals surface area (Å²) in [4.78, 5) is 0. The zero-order valence-electron chi connectivity index (χ0n) is 10.8. The van der Waals surface area contributed by atoms with Crippen LogP contribution in [0.3, 0.4) is 0 Å². The maximum Gasteiger partial charge on any atom is 0.159 e. The fourth-order valence-electron chi connectivity index (χ4n) is 2.02. The van der Waals surface area contributed by atoms with Crippen LogP contribution >= 0.6 is 15.9 Å². The molecule has 106 valence electrons. The van der Waals surface area contributed by atoms with E-state index in [-0.39, 0.29) is 11.9 Å². The Labute approximate surface area is 123 Å². The molecule has 0 saturated heterocycles. The molecule has 0 heterocycles. The Kier molecular flexibility index (Phi) is 4.83. The third-order valence-electron chi connectivity index (χ3n) is 3.12. The van der Waals surface area contributed by atoms with E-state index in [1.54, 1.807) is 19.2 Å². The van der Waals surface area contributed by atoms with E-state index >= 15 is 0 Å². The summed E-state index contributed by atoms with van der Waals surface area (Å²) in [5.41, 5.74) is 1.39. The van der Waals surface area contributed by atoms with Gasteiger partial charge in [0, 0.05) is 6.04 Å². The largest absolute Gasteiger partial charge is 0.313 e. The minimum Gasteiger partial charge on any atom is -0.313 e. The van der Waals surface area contributed by atoms with Crippen molar-refractivity contribution < 1.29 is 13.2 Å². The second kappa shape index (κ2) is 6.41. The van der Waals surface area contributed by atoms with E-state index in [9.17, 15) is 13.2 Å². The molecule has 1 N–H and O–H groups in total. The van der Waals surface area contributed by atoms with E-state index in [4.69, 9.17) is 0 Å². The molecule has 1 atom stereocenters. The number of hydrogen-bond donors (Lipinski definition) is 1. The van der Waals surface area contributed by atoms with E-state index in [0.29, 0.717) is 16.5 Å². The Bertz CT molecular complexity index is 616. The molecule has 0 bridgehead atoms. The topological polar surface area (TPSA) is 12.0 Å². The third kappa shape index (κ3) is 3.41. The second-order valence-electron chi connectivity index (χ2n) is 4.47. The maximum atomic E-state index is 13.5. The molecule has 0 aromatic heterocycles. The minimum absolute atomic E-state index is 0.178. The van der Waals surface area contributed by atoms with Crippen molar-refractivity contribution in [1.29, 1.82) is 0 Å². The van der Waals surface area contributed by atoms with Crippen LogP contribution in [0, 0.1) is 17.5 Å². The molecule has 0 aliphatic heterocycles. The molecule has 0 saturated carbocycles. The standard InChI is InChI=1S/C15H13BrF3N/c1-20-15(10-3-4-11(16)13(18)8-10)7-9-2-5-12(17)14(19)6-9/h2-6,8,15,20H,7H2,1H3. The van der Waals surface area contributed by atoms with E-state index in [1.807, 2.05) is 0 Å². The fraction of sp³-hybridized carbons (Fsp3) is 0.200. The number of halogens is 4. The van der Waals surface area contributed by atoms with Gasteiger partial charge in [-0.2, -0.15) is 0 Å². The SMILES string of the molecule is CNC(Cc1ccc(F)c(F)c1)c1ccc(Br)c(F)c1. The van der Waals surface area contributed by atoms with Crippen molar-refractivity contribution in [2.75, 3.05) is 7.05 Å². The van der Waals surface area contributed by atoms with Gasteiger partial charge in [-0.15, -0.1) is 0 Å². The summed E-state index contributed by atoms with van der Waals surface area (Å²) in [6.45, 7) is 0. The Balaban J connectivity index is 2.23. The molecule has 0 aliphatic rings. The van der Waals surface area contributed by atoms with Gasteiger partial charge in [0.1, 0.15) is 5.82 Å². The number of rotatable bonds is 4. The van der Waals surface area contributed by atoms with E-state index in [2.05, 4.69) is 21.2 Å². The van der Waals surface area contributed by atoms with Crippen LogP contribution in [0.1, 0.15) is 17.2 Å². The monoisotopic (exact) mass is 343 g/mol. The van der Waals surface area contributed by atoms with E-state index < -0.39 is 11.6 Å². The molecule has 2 aromatic carbocycles. The van der Waals surface area contributed by atoms with Gasteiger partial charge in [0.25, 0.3) is 0 Å². The predicted octanol–water partition coefficient (Wildman–Crippen LogP) is 4.37.